The molecule has 0 spiro atoms. The zero-order valence-electron chi connectivity index (χ0n) is 7.64. The van der Waals surface area contributed by atoms with E-state index in [9.17, 15) is 4.79 Å². The number of nitrogens with zero attached hydrogens (tertiary/aromatic N) is 2. The van der Waals surface area contributed by atoms with Crippen LogP contribution >= 0.6 is 0 Å². The zero-order valence-corrected chi connectivity index (χ0v) is 7.64. The van der Waals surface area contributed by atoms with E-state index in [0.29, 0.717) is 19.7 Å². The molecule has 2 rings (SSSR count). The highest BCUT2D eigenvalue weighted by Gasteiger charge is 2.40. The third-order valence-corrected chi connectivity index (χ3v) is 2.85. The number of ether oxygens (including phenoxy) is 1. The van der Waals surface area contributed by atoms with Crippen LogP contribution in [-0.2, 0) is 4.74 Å². The highest BCUT2D eigenvalue weighted by atomic mass is 16.5. The Kier molecular flexibility index (Phi) is 2.13. The second-order valence-electron chi connectivity index (χ2n) is 3.64. The lowest BCUT2D eigenvalue weighted by Crippen LogP contribution is -2.48. The predicted octanol–water partition coefficient (Wildman–Crippen LogP) is -0.321. The van der Waals surface area contributed by atoms with Crippen molar-refractivity contribution in [1.29, 1.82) is 0 Å². The summed E-state index contributed by atoms with van der Waals surface area (Å²) in [4.78, 5) is 14.3. The minimum atomic E-state index is -0.841. The third-order valence-electron chi connectivity index (χ3n) is 2.85. The lowest BCUT2D eigenvalue weighted by atomic mass is 10.1. The summed E-state index contributed by atoms with van der Waals surface area (Å²) >= 11 is 0. The molecule has 2 aliphatic rings. The van der Waals surface area contributed by atoms with Crippen molar-refractivity contribution in [2.75, 3.05) is 33.3 Å². The summed E-state index contributed by atoms with van der Waals surface area (Å²) in [6, 6.07) is 0.254. The van der Waals surface area contributed by atoms with Gasteiger partial charge in [0.15, 0.2) is 0 Å². The lowest BCUT2D eigenvalue weighted by molar-refractivity contribution is -0.0368. The van der Waals surface area contributed by atoms with Gasteiger partial charge in [0.05, 0.1) is 25.3 Å². The highest BCUT2D eigenvalue weighted by Crippen LogP contribution is 2.21. The van der Waals surface area contributed by atoms with Crippen molar-refractivity contribution in [3.05, 3.63) is 0 Å². The third kappa shape index (κ3) is 1.49. The molecule has 2 heterocycles. The number of carboxylic acid groups (broad SMARTS) is 1. The van der Waals surface area contributed by atoms with Crippen LogP contribution in [0.3, 0.4) is 0 Å². The van der Waals surface area contributed by atoms with Crippen LogP contribution in [0, 0.1) is 0 Å². The van der Waals surface area contributed by atoms with Gasteiger partial charge in [-0.15, -0.1) is 0 Å². The molecule has 0 unspecified atom stereocenters. The summed E-state index contributed by atoms with van der Waals surface area (Å²) in [5, 5.41) is 8.80. The average molecular weight is 186 g/mol. The fourth-order valence-corrected chi connectivity index (χ4v) is 2.01. The van der Waals surface area contributed by atoms with Gasteiger partial charge < -0.3 is 14.7 Å². The van der Waals surface area contributed by atoms with Gasteiger partial charge in [-0.25, -0.2) is 4.79 Å². The molecular weight excluding hydrogens is 172 g/mol. The molecule has 0 radical (unpaired) electrons. The Labute approximate surface area is 76.9 Å². The molecule has 2 saturated heterocycles. The first kappa shape index (κ1) is 8.77. The fourth-order valence-electron chi connectivity index (χ4n) is 2.01. The Hall–Kier alpha value is -0.810. The molecule has 0 aromatic carbocycles. The Balaban J connectivity index is 2.04. The number of rotatable bonds is 0. The summed E-state index contributed by atoms with van der Waals surface area (Å²) < 4.78 is 5.51. The number of likely N-dealkylation sites (tertiary alicyclic amines) is 1. The predicted molar refractivity (Wildman–Crippen MR) is 45.8 cm³/mol. The molecule has 0 bridgehead atoms. The smallest absolute Gasteiger partial charge is 0.407 e. The van der Waals surface area contributed by atoms with E-state index < -0.39 is 6.09 Å². The minimum Gasteiger partial charge on any atom is -0.465 e. The number of carbonyl (C=O) groups is 1. The van der Waals surface area contributed by atoms with Crippen molar-refractivity contribution in [2.24, 2.45) is 0 Å². The molecule has 1 N–H and O–H groups in total. The van der Waals surface area contributed by atoms with E-state index in [4.69, 9.17) is 9.84 Å². The summed E-state index contributed by atoms with van der Waals surface area (Å²) in [6.45, 7) is 2.71. The van der Waals surface area contributed by atoms with Gasteiger partial charge >= 0.3 is 6.09 Å². The normalized spacial score (nSPS) is 34.7. The number of fused-ring (bicyclic) bond motifs is 1. The number of morpholine rings is 1. The van der Waals surface area contributed by atoms with Gasteiger partial charge in [-0.3, -0.25) is 4.90 Å². The minimum absolute atomic E-state index is 0.0786. The average Bonchev–Trinajstić information content (AvgIpc) is 2.49. The van der Waals surface area contributed by atoms with Crippen LogP contribution in [0.5, 0.6) is 0 Å². The second-order valence-corrected chi connectivity index (χ2v) is 3.64. The van der Waals surface area contributed by atoms with Gasteiger partial charge in [0.2, 0.25) is 0 Å². The maximum atomic E-state index is 10.7. The van der Waals surface area contributed by atoms with Crippen LogP contribution < -0.4 is 0 Å². The van der Waals surface area contributed by atoms with Crippen LogP contribution in [0.2, 0.25) is 0 Å². The van der Waals surface area contributed by atoms with Crippen molar-refractivity contribution in [2.45, 2.75) is 12.1 Å². The van der Waals surface area contributed by atoms with Crippen LogP contribution in [0.15, 0.2) is 0 Å². The molecular formula is C8H14N2O3. The van der Waals surface area contributed by atoms with Gasteiger partial charge in [-0.1, -0.05) is 0 Å². The Morgan fingerprint density at radius 1 is 1.54 bits per heavy atom. The van der Waals surface area contributed by atoms with E-state index in [0.717, 1.165) is 6.54 Å². The van der Waals surface area contributed by atoms with Crippen molar-refractivity contribution in [3.63, 3.8) is 0 Å². The van der Waals surface area contributed by atoms with Gasteiger partial charge in [0.1, 0.15) is 0 Å². The first-order valence-corrected chi connectivity index (χ1v) is 4.48. The molecule has 0 aliphatic carbocycles. The summed E-state index contributed by atoms with van der Waals surface area (Å²) in [5.74, 6) is 0. The molecule has 2 atom stereocenters. The zero-order chi connectivity index (χ0) is 9.42. The van der Waals surface area contributed by atoms with Gasteiger partial charge in [-0.2, -0.15) is 0 Å². The SMILES string of the molecule is CN1CCO[C@H]2CN(C(=O)O)C[C@H]21. The first-order valence-electron chi connectivity index (χ1n) is 4.48. The van der Waals surface area contributed by atoms with E-state index >= 15 is 0 Å². The molecule has 2 fully saturated rings. The number of hydrogen-bond donors (Lipinski definition) is 1. The van der Waals surface area contributed by atoms with E-state index in [-0.39, 0.29) is 12.1 Å². The summed E-state index contributed by atoms with van der Waals surface area (Å²) in [7, 11) is 2.02. The van der Waals surface area contributed by atoms with E-state index in [1.54, 1.807) is 0 Å². The van der Waals surface area contributed by atoms with E-state index in [1.165, 1.54) is 4.90 Å². The molecule has 0 saturated carbocycles. The number of amides is 1. The van der Waals surface area contributed by atoms with Crippen LogP contribution in [0.25, 0.3) is 0 Å². The quantitative estimate of drug-likeness (QED) is 0.563. The van der Waals surface area contributed by atoms with Crippen molar-refractivity contribution in [3.8, 4) is 0 Å². The van der Waals surface area contributed by atoms with Crippen molar-refractivity contribution in [1.82, 2.24) is 9.80 Å². The van der Waals surface area contributed by atoms with Crippen LogP contribution in [0.4, 0.5) is 4.79 Å². The number of hydrogen-bond acceptors (Lipinski definition) is 3. The molecule has 0 aromatic rings. The van der Waals surface area contributed by atoms with Gasteiger partial charge in [0, 0.05) is 13.1 Å². The fraction of sp³-hybridized carbons (Fsp3) is 0.875. The van der Waals surface area contributed by atoms with Crippen molar-refractivity contribution < 1.29 is 14.6 Å². The largest absolute Gasteiger partial charge is 0.465 e. The van der Waals surface area contributed by atoms with E-state index in [1.807, 2.05) is 7.05 Å². The molecule has 13 heavy (non-hydrogen) atoms. The monoisotopic (exact) mass is 186 g/mol. The van der Waals surface area contributed by atoms with Gasteiger partial charge in [-0.05, 0) is 7.05 Å². The number of likely N-dealkylation sites (N-methyl/N-ethyl adjacent to an activating group) is 1. The second kappa shape index (κ2) is 3.16. The topological polar surface area (TPSA) is 53.0 Å². The Morgan fingerprint density at radius 2 is 2.31 bits per heavy atom. The summed E-state index contributed by atoms with van der Waals surface area (Å²) in [6.07, 6.45) is -0.763. The lowest BCUT2D eigenvalue weighted by Gasteiger charge is -2.33. The van der Waals surface area contributed by atoms with Crippen molar-refractivity contribution >= 4 is 6.09 Å². The molecule has 74 valence electrons. The summed E-state index contributed by atoms with van der Waals surface area (Å²) in [5.41, 5.74) is 0. The molecule has 1 amide bonds. The molecule has 0 aromatic heterocycles. The molecule has 5 heteroatoms. The van der Waals surface area contributed by atoms with Crippen LogP contribution in [0.1, 0.15) is 0 Å². The maximum absolute atomic E-state index is 10.7. The maximum Gasteiger partial charge on any atom is 0.407 e. The van der Waals surface area contributed by atoms with Gasteiger partial charge in [0.25, 0.3) is 0 Å². The molecule has 5 nitrogen and oxygen atoms in total. The molecule has 2 aliphatic heterocycles. The standard InChI is InChI=1S/C8H14N2O3/c1-9-2-3-13-7-5-10(8(11)12)4-6(7)9/h6-7H,2-5H2,1H3,(H,11,12)/t6-,7+/m1/s1. The van der Waals surface area contributed by atoms with E-state index in [2.05, 4.69) is 4.90 Å². The highest BCUT2D eigenvalue weighted by molar-refractivity contribution is 5.65. The first-order chi connectivity index (χ1) is 6.18. The Morgan fingerprint density at radius 3 is 2.92 bits per heavy atom. The van der Waals surface area contributed by atoms with Crippen LogP contribution in [-0.4, -0.2) is 66.4 Å². The Bertz CT molecular complexity index is 221.